The summed E-state index contributed by atoms with van der Waals surface area (Å²) in [6.45, 7) is 0. The van der Waals surface area contributed by atoms with Gasteiger partial charge in [-0.15, -0.1) is 0 Å². The zero-order chi connectivity index (χ0) is 15.7. The van der Waals surface area contributed by atoms with Crippen LogP contribution in [0.5, 0.6) is 11.5 Å². The number of halogens is 1. The van der Waals surface area contributed by atoms with Crippen molar-refractivity contribution in [1.82, 2.24) is 0 Å². The number of hydrogen-bond donors (Lipinski definition) is 0. The molecule has 3 rings (SSSR count). The highest BCUT2D eigenvalue weighted by molar-refractivity contribution is 5.97. The molecular weight excluding hydrogens is 287 g/mol. The Hall–Kier alpha value is -2.82. The molecule has 0 aliphatic carbocycles. The van der Waals surface area contributed by atoms with E-state index < -0.39 is 5.82 Å². The molecule has 0 atom stereocenters. The van der Waals surface area contributed by atoms with Crippen LogP contribution >= 0.6 is 0 Å². The third-order valence-electron chi connectivity index (χ3n) is 3.42. The van der Waals surface area contributed by atoms with Gasteiger partial charge in [-0.3, -0.25) is 4.79 Å². The van der Waals surface area contributed by atoms with Crippen LogP contribution in [0.1, 0.15) is 10.4 Å². The van der Waals surface area contributed by atoms with Gasteiger partial charge in [-0.25, -0.2) is 4.39 Å². The maximum atomic E-state index is 13.8. The number of carbonyl (C=O) groups is 1. The molecule has 5 heteroatoms. The van der Waals surface area contributed by atoms with E-state index in [4.69, 9.17) is 13.9 Å². The Bertz CT molecular complexity index is 851. The molecule has 1 aromatic heterocycles. The van der Waals surface area contributed by atoms with Gasteiger partial charge in [0.25, 0.3) is 0 Å². The van der Waals surface area contributed by atoms with Gasteiger partial charge in [-0.05, 0) is 36.4 Å². The van der Waals surface area contributed by atoms with E-state index >= 15 is 0 Å². The molecule has 0 unspecified atom stereocenters. The van der Waals surface area contributed by atoms with Crippen molar-refractivity contribution in [2.75, 3.05) is 14.2 Å². The van der Waals surface area contributed by atoms with E-state index in [0.717, 1.165) is 0 Å². The van der Waals surface area contributed by atoms with E-state index in [1.54, 1.807) is 24.3 Å². The van der Waals surface area contributed by atoms with Gasteiger partial charge in [0.15, 0.2) is 17.9 Å². The molecule has 0 saturated heterocycles. The van der Waals surface area contributed by atoms with Crippen LogP contribution in [0.3, 0.4) is 0 Å². The lowest BCUT2D eigenvalue weighted by Gasteiger charge is -2.03. The maximum absolute atomic E-state index is 13.8. The molecule has 112 valence electrons. The molecule has 0 aliphatic rings. The first-order valence-corrected chi connectivity index (χ1v) is 6.57. The van der Waals surface area contributed by atoms with Gasteiger partial charge in [-0.1, -0.05) is 0 Å². The van der Waals surface area contributed by atoms with Gasteiger partial charge >= 0.3 is 0 Å². The molecule has 0 fully saturated rings. The van der Waals surface area contributed by atoms with E-state index in [2.05, 4.69) is 0 Å². The highest BCUT2D eigenvalue weighted by Gasteiger charge is 2.13. The zero-order valence-electron chi connectivity index (χ0n) is 12.1. The fourth-order valence-electron chi connectivity index (χ4n) is 2.32. The number of rotatable bonds is 4. The molecule has 0 spiro atoms. The first-order chi connectivity index (χ1) is 10.7. The summed E-state index contributed by atoms with van der Waals surface area (Å²) >= 11 is 0. The van der Waals surface area contributed by atoms with E-state index in [9.17, 15) is 9.18 Å². The van der Waals surface area contributed by atoms with Crippen LogP contribution < -0.4 is 9.47 Å². The molecule has 0 bridgehead atoms. The van der Waals surface area contributed by atoms with Crippen LogP contribution in [0.2, 0.25) is 0 Å². The number of methoxy groups -OCH3 is 2. The molecule has 1 heterocycles. The van der Waals surface area contributed by atoms with Crippen LogP contribution in [0, 0.1) is 5.82 Å². The number of benzene rings is 2. The minimum atomic E-state index is -0.478. The second-order valence-corrected chi connectivity index (χ2v) is 4.71. The standard InChI is InChI=1S/C17H13FO4/c1-20-13-5-11-8-16(22-17(11)12(6-13)9-19)10-3-4-15(21-2)14(18)7-10/h3-9H,1-2H3. The number of ether oxygens (including phenoxy) is 2. The maximum Gasteiger partial charge on any atom is 0.165 e. The Balaban J connectivity index is 2.16. The Kier molecular flexibility index (Phi) is 3.55. The normalized spacial score (nSPS) is 10.7. The number of carbonyl (C=O) groups excluding carboxylic acids is 1. The van der Waals surface area contributed by atoms with Gasteiger partial charge in [0.2, 0.25) is 0 Å². The smallest absolute Gasteiger partial charge is 0.165 e. The van der Waals surface area contributed by atoms with Crippen molar-refractivity contribution < 1.29 is 23.1 Å². The van der Waals surface area contributed by atoms with Crippen molar-refractivity contribution in [3.8, 4) is 22.8 Å². The molecular formula is C17H13FO4. The molecule has 0 saturated carbocycles. The Morgan fingerprint density at radius 2 is 1.91 bits per heavy atom. The second kappa shape index (κ2) is 5.52. The molecule has 3 aromatic rings. The van der Waals surface area contributed by atoms with Crippen molar-refractivity contribution in [3.05, 3.63) is 47.8 Å². The molecule has 0 radical (unpaired) electrons. The summed E-state index contributed by atoms with van der Waals surface area (Å²) in [5.74, 6) is 0.708. The lowest BCUT2D eigenvalue weighted by atomic mass is 10.1. The highest BCUT2D eigenvalue weighted by Crippen LogP contribution is 2.33. The van der Waals surface area contributed by atoms with E-state index in [1.165, 1.54) is 26.4 Å². The molecule has 4 nitrogen and oxygen atoms in total. The monoisotopic (exact) mass is 300 g/mol. The van der Waals surface area contributed by atoms with Gasteiger partial charge in [0.1, 0.15) is 17.1 Å². The predicted molar refractivity (Wildman–Crippen MR) is 80.1 cm³/mol. The third-order valence-corrected chi connectivity index (χ3v) is 3.42. The summed E-state index contributed by atoms with van der Waals surface area (Å²) in [6, 6.07) is 9.64. The summed E-state index contributed by atoms with van der Waals surface area (Å²) < 4.78 is 29.6. The summed E-state index contributed by atoms with van der Waals surface area (Å²) in [4.78, 5) is 11.2. The topological polar surface area (TPSA) is 48.7 Å². The van der Waals surface area contributed by atoms with Crippen molar-refractivity contribution in [2.45, 2.75) is 0 Å². The van der Waals surface area contributed by atoms with Crippen molar-refractivity contribution in [1.29, 1.82) is 0 Å². The lowest BCUT2D eigenvalue weighted by Crippen LogP contribution is -1.87. The Labute approximate surface area is 126 Å². The minimum absolute atomic E-state index is 0.162. The van der Waals surface area contributed by atoms with Crippen molar-refractivity contribution >= 4 is 17.3 Å². The molecule has 2 aromatic carbocycles. The Morgan fingerprint density at radius 1 is 1.09 bits per heavy atom. The summed E-state index contributed by atoms with van der Waals surface area (Å²) in [5.41, 5.74) is 1.39. The number of aldehydes is 1. The molecule has 0 aliphatic heterocycles. The lowest BCUT2D eigenvalue weighted by molar-refractivity contribution is 0.112. The van der Waals surface area contributed by atoms with Gasteiger partial charge in [0.05, 0.1) is 19.8 Å². The number of fused-ring (bicyclic) bond motifs is 1. The second-order valence-electron chi connectivity index (χ2n) is 4.71. The SMILES string of the molecule is COc1cc(C=O)c2oc(-c3ccc(OC)c(F)c3)cc2c1. The van der Waals surface area contributed by atoms with Crippen LogP contribution in [0.15, 0.2) is 40.8 Å². The predicted octanol–water partition coefficient (Wildman–Crippen LogP) is 4.07. The first-order valence-electron chi connectivity index (χ1n) is 6.57. The summed E-state index contributed by atoms with van der Waals surface area (Å²) in [5, 5.41) is 0.715. The average Bonchev–Trinajstić information content (AvgIpc) is 2.97. The molecule has 0 N–H and O–H groups in total. The molecule has 22 heavy (non-hydrogen) atoms. The van der Waals surface area contributed by atoms with Gasteiger partial charge in [0, 0.05) is 10.9 Å². The van der Waals surface area contributed by atoms with Crippen LogP contribution in [0.4, 0.5) is 4.39 Å². The van der Waals surface area contributed by atoms with E-state index in [1.807, 2.05) is 0 Å². The van der Waals surface area contributed by atoms with E-state index in [-0.39, 0.29) is 5.75 Å². The minimum Gasteiger partial charge on any atom is -0.497 e. The van der Waals surface area contributed by atoms with Gasteiger partial charge < -0.3 is 13.9 Å². The first kappa shape index (κ1) is 14.1. The van der Waals surface area contributed by atoms with Gasteiger partial charge in [-0.2, -0.15) is 0 Å². The largest absolute Gasteiger partial charge is 0.497 e. The Morgan fingerprint density at radius 3 is 2.55 bits per heavy atom. The van der Waals surface area contributed by atoms with E-state index in [0.29, 0.717) is 39.9 Å². The summed E-state index contributed by atoms with van der Waals surface area (Å²) in [6.07, 6.45) is 0.701. The molecule has 0 amide bonds. The average molecular weight is 300 g/mol. The van der Waals surface area contributed by atoms with Crippen molar-refractivity contribution in [2.24, 2.45) is 0 Å². The number of hydrogen-bond acceptors (Lipinski definition) is 4. The van der Waals surface area contributed by atoms with Crippen LogP contribution in [-0.2, 0) is 0 Å². The summed E-state index contributed by atoms with van der Waals surface area (Å²) in [7, 11) is 2.93. The van der Waals surface area contributed by atoms with Crippen LogP contribution in [0.25, 0.3) is 22.3 Å². The zero-order valence-corrected chi connectivity index (χ0v) is 12.1. The highest BCUT2D eigenvalue weighted by atomic mass is 19.1. The fraction of sp³-hybridized carbons (Fsp3) is 0.118. The fourth-order valence-corrected chi connectivity index (χ4v) is 2.32. The third kappa shape index (κ3) is 2.30. The van der Waals surface area contributed by atoms with Crippen LogP contribution in [-0.4, -0.2) is 20.5 Å². The van der Waals surface area contributed by atoms with Crippen molar-refractivity contribution in [3.63, 3.8) is 0 Å². The quantitative estimate of drug-likeness (QED) is 0.681. The number of furan rings is 1.